The van der Waals surface area contributed by atoms with Crippen LogP contribution in [0.2, 0.25) is 0 Å². The lowest BCUT2D eigenvalue weighted by molar-refractivity contribution is -0.355. The van der Waals surface area contributed by atoms with E-state index in [0.29, 0.717) is 12.8 Å². The van der Waals surface area contributed by atoms with Gasteiger partial charge >= 0.3 is 0 Å². The molecule has 0 amide bonds. The number of rotatable bonds is 1. The van der Waals surface area contributed by atoms with Crippen LogP contribution in [0.3, 0.4) is 0 Å². The molecule has 1 aromatic rings. The molecule has 0 unspecified atom stereocenters. The van der Waals surface area contributed by atoms with E-state index in [1.165, 1.54) is 0 Å². The molecule has 7 heteroatoms. The van der Waals surface area contributed by atoms with Crippen LogP contribution >= 0.6 is 0 Å². The van der Waals surface area contributed by atoms with E-state index in [9.17, 15) is 10.5 Å². The van der Waals surface area contributed by atoms with E-state index in [-0.39, 0.29) is 17.7 Å². The predicted octanol–water partition coefficient (Wildman–Crippen LogP) is 2.48. The largest absolute Gasteiger partial charge is 0.447 e. The molecule has 25 heavy (non-hydrogen) atoms. The highest BCUT2D eigenvalue weighted by Gasteiger charge is 2.83. The number of pyridine rings is 1. The summed E-state index contributed by atoms with van der Waals surface area (Å²) in [6, 6.07) is 8.21. The Balaban J connectivity index is 1.82. The molecule has 4 aliphatic heterocycles. The first kappa shape index (κ1) is 14.6. The second-order valence-corrected chi connectivity index (χ2v) is 7.10. The lowest BCUT2D eigenvalue weighted by Gasteiger charge is -2.63. The van der Waals surface area contributed by atoms with Crippen molar-refractivity contribution in [3.05, 3.63) is 30.1 Å². The maximum absolute atomic E-state index is 10.2. The van der Waals surface area contributed by atoms with Crippen molar-refractivity contribution in [1.29, 1.82) is 15.9 Å². The second-order valence-electron chi connectivity index (χ2n) is 7.10. The fourth-order valence-electron chi connectivity index (χ4n) is 5.16. The third kappa shape index (κ3) is 1.35. The molecule has 1 N–H and O–H groups in total. The van der Waals surface area contributed by atoms with Gasteiger partial charge in [0.1, 0.15) is 11.9 Å². The molecule has 1 saturated carbocycles. The third-order valence-electron chi connectivity index (χ3n) is 6.21. The minimum absolute atomic E-state index is 0.0670. The normalized spacial score (nSPS) is 43.4. The van der Waals surface area contributed by atoms with Crippen LogP contribution in [0.25, 0.3) is 0 Å². The number of fused-ring (bicyclic) bond motifs is 1. The Kier molecular flexibility index (Phi) is 2.59. The topological polar surface area (TPSA) is 115 Å². The molecule has 3 saturated heterocycles. The van der Waals surface area contributed by atoms with E-state index in [0.717, 1.165) is 18.4 Å². The maximum atomic E-state index is 10.2. The number of hydrogen-bond donors (Lipinski definition) is 1. The second kappa shape index (κ2) is 4.44. The molecule has 5 heterocycles. The number of nitrogens with zero attached hydrogens (tertiary/aromatic N) is 4. The number of aliphatic imine (C=N–C) groups is 1. The van der Waals surface area contributed by atoms with Crippen LogP contribution in [-0.2, 0) is 9.47 Å². The molecule has 4 fully saturated rings. The minimum atomic E-state index is -1.43. The highest BCUT2D eigenvalue weighted by atomic mass is 16.7. The Labute approximate surface area is 144 Å². The van der Waals surface area contributed by atoms with Gasteiger partial charge in [0.15, 0.2) is 10.8 Å². The minimum Gasteiger partial charge on any atom is -0.447 e. The van der Waals surface area contributed by atoms with Crippen molar-refractivity contribution in [2.24, 2.45) is 21.7 Å². The van der Waals surface area contributed by atoms with Crippen LogP contribution in [-0.4, -0.2) is 22.5 Å². The van der Waals surface area contributed by atoms with Crippen LogP contribution in [0.4, 0.5) is 0 Å². The summed E-state index contributed by atoms with van der Waals surface area (Å²) in [5.41, 5.74) is -2.00. The fraction of sp³-hybridized carbons (Fsp3) is 0.500. The molecular weight excluding hydrogens is 318 g/mol. The summed E-state index contributed by atoms with van der Waals surface area (Å²) in [4.78, 5) is 8.28. The molecule has 1 spiro atoms. The summed E-state index contributed by atoms with van der Waals surface area (Å²) in [5.74, 6) is -1.24. The Morgan fingerprint density at radius 1 is 1.16 bits per heavy atom. The Bertz CT molecular complexity index is 900. The van der Waals surface area contributed by atoms with Gasteiger partial charge in [0.2, 0.25) is 11.7 Å². The quantitative estimate of drug-likeness (QED) is 0.847. The molecule has 0 aromatic carbocycles. The van der Waals surface area contributed by atoms with Gasteiger partial charge < -0.3 is 9.47 Å². The van der Waals surface area contributed by atoms with Crippen molar-refractivity contribution in [2.75, 3.05) is 0 Å². The van der Waals surface area contributed by atoms with Gasteiger partial charge in [-0.25, -0.2) is 0 Å². The maximum Gasteiger partial charge on any atom is 0.218 e. The molecule has 1 aromatic heterocycles. The van der Waals surface area contributed by atoms with Crippen molar-refractivity contribution in [3.63, 3.8) is 0 Å². The van der Waals surface area contributed by atoms with Gasteiger partial charge in [0.05, 0.1) is 18.1 Å². The molecule has 0 radical (unpaired) electrons. The highest BCUT2D eigenvalue weighted by molar-refractivity contribution is 6.12. The van der Waals surface area contributed by atoms with Gasteiger partial charge in [0.25, 0.3) is 0 Å². The first-order valence-corrected chi connectivity index (χ1v) is 8.42. The molecular formula is C18H15N5O2. The van der Waals surface area contributed by atoms with Crippen molar-refractivity contribution < 1.29 is 9.47 Å². The average Bonchev–Trinajstić information content (AvgIpc) is 2.85. The van der Waals surface area contributed by atoms with Gasteiger partial charge in [-0.3, -0.25) is 10.4 Å². The first-order valence-electron chi connectivity index (χ1n) is 8.42. The molecule has 4 bridgehead atoms. The zero-order valence-corrected chi connectivity index (χ0v) is 13.4. The number of nitrogens with one attached hydrogen (secondary N) is 1. The van der Waals surface area contributed by atoms with Crippen molar-refractivity contribution in [3.8, 4) is 12.1 Å². The van der Waals surface area contributed by atoms with E-state index in [2.05, 4.69) is 22.1 Å². The lowest BCUT2D eigenvalue weighted by atomic mass is 9.48. The SMILES string of the molecule is N#C[C@@]12C3=NC(=N)[C@@]1(C#N)[C@@H]1CCCC[C@@]1(O3)O[C@@H]2c1ccncc1. The van der Waals surface area contributed by atoms with Crippen LogP contribution in [0, 0.1) is 44.8 Å². The monoisotopic (exact) mass is 333 g/mol. The van der Waals surface area contributed by atoms with E-state index in [1.807, 2.05) is 0 Å². The Morgan fingerprint density at radius 3 is 2.64 bits per heavy atom. The van der Waals surface area contributed by atoms with Gasteiger partial charge in [-0.2, -0.15) is 15.5 Å². The number of hydrogen-bond acceptors (Lipinski definition) is 6. The number of aromatic nitrogens is 1. The predicted molar refractivity (Wildman–Crippen MR) is 85.1 cm³/mol. The molecule has 5 aliphatic rings. The summed E-state index contributed by atoms with van der Waals surface area (Å²) in [5, 5.41) is 28.9. The molecule has 124 valence electrons. The Hall–Kier alpha value is -2.77. The average molecular weight is 333 g/mol. The van der Waals surface area contributed by atoms with Gasteiger partial charge in [-0.15, -0.1) is 0 Å². The van der Waals surface area contributed by atoms with Gasteiger partial charge in [-0.05, 0) is 30.5 Å². The summed E-state index contributed by atoms with van der Waals surface area (Å²) in [6.07, 6.45) is 5.73. The van der Waals surface area contributed by atoms with Crippen LogP contribution in [0.1, 0.15) is 37.4 Å². The van der Waals surface area contributed by atoms with E-state index in [4.69, 9.17) is 14.9 Å². The Morgan fingerprint density at radius 2 is 1.92 bits per heavy atom. The third-order valence-corrected chi connectivity index (χ3v) is 6.21. The van der Waals surface area contributed by atoms with Crippen LogP contribution in [0.5, 0.6) is 0 Å². The molecule has 7 nitrogen and oxygen atoms in total. The zero-order chi connectivity index (χ0) is 17.3. The van der Waals surface area contributed by atoms with Crippen molar-refractivity contribution >= 4 is 11.7 Å². The molecule has 1 aliphatic carbocycles. The fourth-order valence-corrected chi connectivity index (χ4v) is 5.16. The molecule has 5 atom stereocenters. The van der Waals surface area contributed by atoms with E-state index < -0.39 is 22.7 Å². The van der Waals surface area contributed by atoms with Gasteiger partial charge in [-0.1, -0.05) is 6.42 Å². The van der Waals surface area contributed by atoms with Crippen molar-refractivity contribution in [2.45, 2.75) is 37.6 Å². The molecule has 6 rings (SSSR count). The summed E-state index contributed by atoms with van der Waals surface area (Å²) >= 11 is 0. The zero-order valence-electron chi connectivity index (χ0n) is 13.4. The summed E-state index contributed by atoms with van der Waals surface area (Å²) < 4.78 is 12.5. The van der Waals surface area contributed by atoms with Gasteiger partial charge in [0, 0.05) is 18.8 Å². The standard InChI is InChI=1S/C18H15N5O2/c19-9-16-12-3-1-2-6-18(12)24-13(11-4-7-22-8-5-11)17(16,10-20)15(25-18)23-14(16)21/h4-5,7-8,12-13,21H,1-3,6H2/t12-,13+,16+,17+,18-/m0/s1. The number of nitriles is 2. The lowest BCUT2D eigenvalue weighted by Crippen LogP contribution is -2.72. The summed E-state index contributed by atoms with van der Waals surface area (Å²) in [7, 11) is 0. The van der Waals surface area contributed by atoms with Crippen LogP contribution in [0.15, 0.2) is 29.5 Å². The number of ether oxygens (including phenoxy) is 2. The van der Waals surface area contributed by atoms with Crippen LogP contribution < -0.4 is 0 Å². The van der Waals surface area contributed by atoms with E-state index in [1.54, 1.807) is 24.5 Å². The summed E-state index contributed by atoms with van der Waals surface area (Å²) in [6.45, 7) is 0. The first-order chi connectivity index (χ1) is 12.1. The smallest absolute Gasteiger partial charge is 0.218 e. The number of amidine groups is 1. The van der Waals surface area contributed by atoms with Crippen molar-refractivity contribution in [1.82, 2.24) is 4.98 Å². The highest BCUT2D eigenvalue weighted by Crippen LogP contribution is 2.72. The van der Waals surface area contributed by atoms with E-state index >= 15 is 0 Å².